The minimum atomic E-state index is -0.870. The largest absolute Gasteiger partial charge is 0.388 e. The molecule has 1 atom stereocenters. The van der Waals surface area contributed by atoms with Crippen LogP contribution >= 0.6 is 0 Å². The molecule has 4 nitrogen and oxygen atoms in total. The lowest BCUT2D eigenvalue weighted by atomic mass is 9.96. The lowest BCUT2D eigenvalue weighted by Crippen LogP contribution is -2.48. The van der Waals surface area contributed by atoms with Crippen LogP contribution in [0.2, 0.25) is 0 Å². The summed E-state index contributed by atoms with van der Waals surface area (Å²) in [4.78, 5) is 17.9. The van der Waals surface area contributed by atoms with Gasteiger partial charge in [-0.2, -0.15) is 0 Å². The Morgan fingerprint density at radius 2 is 2.05 bits per heavy atom. The van der Waals surface area contributed by atoms with Gasteiger partial charge in [-0.15, -0.1) is 0 Å². The van der Waals surface area contributed by atoms with E-state index in [0.717, 1.165) is 23.7 Å². The maximum absolute atomic E-state index is 12.9. The fourth-order valence-corrected chi connectivity index (χ4v) is 3.61. The van der Waals surface area contributed by atoms with E-state index in [0.29, 0.717) is 12.2 Å². The third-order valence-electron chi connectivity index (χ3n) is 4.65. The molecule has 1 amide bonds. The first-order chi connectivity index (χ1) is 10.3. The van der Waals surface area contributed by atoms with Crippen molar-refractivity contribution in [3.63, 3.8) is 0 Å². The first kappa shape index (κ1) is 15.1. The SMILES string of the molecule is Cc1cc(C)c2cc(C(=O)N3CCCC3C(C)(C)O)[nH]c2c1. The number of nitrogens with zero attached hydrogens (tertiary/aromatic N) is 1. The number of aromatic amines is 1. The van der Waals surface area contributed by atoms with Gasteiger partial charge in [0.25, 0.3) is 5.91 Å². The van der Waals surface area contributed by atoms with Crippen LogP contribution in [0.25, 0.3) is 10.9 Å². The molecule has 1 aromatic heterocycles. The highest BCUT2D eigenvalue weighted by Gasteiger charge is 2.39. The second-order valence-electron chi connectivity index (χ2n) is 7.04. The monoisotopic (exact) mass is 300 g/mol. The summed E-state index contributed by atoms with van der Waals surface area (Å²) in [6, 6.07) is 6.01. The molecule has 1 fully saturated rings. The minimum Gasteiger partial charge on any atom is -0.388 e. The maximum atomic E-state index is 12.9. The van der Waals surface area contributed by atoms with E-state index in [1.54, 1.807) is 13.8 Å². The molecule has 0 aliphatic carbocycles. The third-order valence-corrected chi connectivity index (χ3v) is 4.65. The zero-order valence-electron chi connectivity index (χ0n) is 13.7. The number of hydrogen-bond acceptors (Lipinski definition) is 2. The molecular weight excluding hydrogens is 276 g/mol. The van der Waals surface area contributed by atoms with Crippen molar-refractivity contribution in [1.82, 2.24) is 9.88 Å². The highest BCUT2D eigenvalue weighted by molar-refractivity contribution is 5.99. The van der Waals surface area contributed by atoms with Crippen molar-refractivity contribution in [3.05, 3.63) is 35.0 Å². The van der Waals surface area contributed by atoms with E-state index in [-0.39, 0.29) is 11.9 Å². The summed E-state index contributed by atoms with van der Waals surface area (Å²) in [5, 5.41) is 11.4. The molecule has 0 saturated carbocycles. The summed E-state index contributed by atoms with van der Waals surface area (Å²) in [7, 11) is 0. The summed E-state index contributed by atoms with van der Waals surface area (Å²) >= 11 is 0. The number of aromatic nitrogens is 1. The molecule has 118 valence electrons. The van der Waals surface area contributed by atoms with Crippen LogP contribution in [0, 0.1) is 13.8 Å². The maximum Gasteiger partial charge on any atom is 0.270 e. The van der Waals surface area contributed by atoms with Crippen LogP contribution in [0.15, 0.2) is 18.2 Å². The molecule has 0 spiro atoms. The van der Waals surface area contributed by atoms with Crippen molar-refractivity contribution in [2.45, 2.75) is 52.2 Å². The molecular formula is C18H24N2O2. The van der Waals surface area contributed by atoms with E-state index in [4.69, 9.17) is 0 Å². The standard InChI is InChI=1S/C18H24N2O2/c1-11-8-12(2)13-10-15(19-14(13)9-11)17(21)20-7-5-6-16(20)18(3,4)22/h8-10,16,19,22H,5-7H2,1-4H3. The highest BCUT2D eigenvalue weighted by Crippen LogP contribution is 2.29. The van der Waals surface area contributed by atoms with Crippen molar-refractivity contribution in [1.29, 1.82) is 0 Å². The molecule has 2 N–H and O–H groups in total. The molecule has 1 unspecified atom stereocenters. The lowest BCUT2D eigenvalue weighted by Gasteiger charge is -2.33. The second kappa shape index (κ2) is 5.13. The van der Waals surface area contributed by atoms with Crippen LogP contribution in [-0.2, 0) is 0 Å². The normalized spacial score (nSPS) is 19.1. The summed E-state index contributed by atoms with van der Waals surface area (Å²) in [6.45, 7) is 8.39. The smallest absolute Gasteiger partial charge is 0.270 e. The number of aliphatic hydroxyl groups is 1. The number of rotatable bonds is 2. The number of likely N-dealkylation sites (tertiary alicyclic amines) is 1. The number of carbonyl (C=O) groups excluding carboxylic acids is 1. The topological polar surface area (TPSA) is 56.3 Å². The van der Waals surface area contributed by atoms with E-state index < -0.39 is 5.60 Å². The van der Waals surface area contributed by atoms with Gasteiger partial charge < -0.3 is 15.0 Å². The molecule has 0 bridgehead atoms. The number of amides is 1. The van der Waals surface area contributed by atoms with Crippen molar-refractivity contribution >= 4 is 16.8 Å². The Balaban J connectivity index is 1.97. The Kier molecular flexibility index (Phi) is 3.52. The second-order valence-corrected chi connectivity index (χ2v) is 7.04. The Morgan fingerprint density at radius 3 is 2.73 bits per heavy atom. The summed E-state index contributed by atoms with van der Waals surface area (Å²) in [6.07, 6.45) is 1.80. The van der Waals surface area contributed by atoms with Crippen LogP contribution in [0.3, 0.4) is 0 Å². The van der Waals surface area contributed by atoms with Gasteiger partial charge in [-0.25, -0.2) is 0 Å². The van der Waals surface area contributed by atoms with Crippen molar-refractivity contribution in [3.8, 4) is 0 Å². The van der Waals surface area contributed by atoms with Crippen LogP contribution in [0.1, 0.15) is 48.3 Å². The Morgan fingerprint density at radius 1 is 1.32 bits per heavy atom. The first-order valence-electron chi connectivity index (χ1n) is 7.90. The van der Waals surface area contributed by atoms with Gasteiger partial charge in [-0.05, 0) is 63.8 Å². The first-order valence-corrected chi connectivity index (χ1v) is 7.90. The number of carbonyl (C=O) groups is 1. The number of hydrogen-bond donors (Lipinski definition) is 2. The number of fused-ring (bicyclic) bond motifs is 1. The quantitative estimate of drug-likeness (QED) is 0.895. The zero-order valence-corrected chi connectivity index (χ0v) is 13.7. The summed E-state index contributed by atoms with van der Waals surface area (Å²) < 4.78 is 0. The van der Waals surface area contributed by atoms with Gasteiger partial charge in [0.1, 0.15) is 5.69 Å². The van der Waals surface area contributed by atoms with Crippen LogP contribution in [0.5, 0.6) is 0 Å². The number of nitrogens with one attached hydrogen (secondary N) is 1. The molecule has 1 saturated heterocycles. The van der Waals surface area contributed by atoms with Gasteiger partial charge in [-0.3, -0.25) is 4.79 Å². The van der Waals surface area contributed by atoms with E-state index in [9.17, 15) is 9.90 Å². The molecule has 22 heavy (non-hydrogen) atoms. The van der Waals surface area contributed by atoms with Gasteiger partial charge in [0.15, 0.2) is 0 Å². The molecule has 0 radical (unpaired) electrons. The van der Waals surface area contributed by atoms with E-state index >= 15 is 0 Å². The average molecular weight is 300 g/mol. The summed E-state index contributed by atoms with van der Waals surface area (Å²) in [5.41, 5.74) is 3.09. The number of aryl methyl sites for hydroxylation is 2. The molecule has 2 aromatic rings. The molecule has 1 aliphatic heterocycles. The van der Waals surface area contributed by atoms with E-state index in [2.05, 4.69) is 31.0 Å². The number of benzene rings is 1. The van der Waals surface area contributed by atoms with E-state index in [1.165, 1.54) is 11.1 Å². The number of H-pyrrole nitrogens is 1. The van der Waals surface area contributed by atoms with Gasteiger partial charge in [0.2, 0.25) is 0 Å². The third kappa shape index (κ3) is 2.52. The van der Waals surface area contributed by atoms with Crippen LogP contribution < -0.4 is 0 Å². The van der Waals surface area contributed by atoms with Crippen molar-refractivity contribution in [2.24, 2.45) is 0 Å². The van der Waals surface area contributed by atoms with E-state index in [1.807, 2.05) is 11.0 Å². The van der Waals surface area contributed by atoms with Gasteiger partial charge in [0, 0.05) is 17.4 Å². The fraction of sp³-hybridized carbons (Fsp3) is 0.500. The molecule has 4 heteroatoms. The Hall–Kier alpha value is -1.81. The molecule has 3 rings (SSSR count). The predicted octanol–water partition coefficient (Wildman–Crippen LogP) is 3.16. The minimum absolute atomic E-state index is 0.0159. The van der Waals surface area contributed by atoms with Crippen LogP contribution in [0.4, 0.5) is 0 Å². The van der Waals surface area contributed by atoms with Crippen molar-refractivity contribution < 1.29 is 9.90 Å². The Labute approximate surface area is 131 Å². The Bertz CT molecular complexity index is 724. The average Bonchev–Trinajstić information content (AvgIpc) is 3.02. The van der Waals surface area contributed by atoms with Crippen molar-refractivity contribution in [2.75, 3.05) is 6.54 Å². The predicted molar refractivity (Wildman–Crippen MR) is 88.1 cm³/mol. The van der Waals surface area contributed by atoms with Gasteiger partial charge >= 0.3 is 0 Å². The zero-order chi connectivity index (χ0) is 16.1. The lowest BCUT2D eigenvalue weighted by molar-refractivity contribution is 0.000157. The molecule has 1 aliphatic rings. The highest BCUT2D eigenvalue weighted by atomic mass is 16.3. The molecule has 1 aromatic carbocycles. The van der Waals surface area contributed by atoms with Gasteiger partial charge in [-0.1, -0.05) is 6.07 Å². The fourth-order valence-electron chi connectivity index (χ4n) is 3.61. The molecule has 2 heterocycles. The van der Waals surface area contributed by atoms with Gasteiger partial charge in [0.05, 0.1) is 11.6 Å². The van der Waals surface area contributed by atoms with Crippen LogP contribution in [-0.4, -0.2) is 39.1 Å². The summed E-state index contributed by atoms with van der Waals surface area (Å²) in [5.74, 6) is -0.0159.